The van der Waals surface area contributed by atoms with Crippen molar-refractivity contribution in [3.8, 4) is 0 Å². The molecule has 0 aliphatic heterocycles. The van der Waals surface area contributed by atoms with E-state index in [2.05, 4.69) is 17.5 Å². The SMILES string of the molecule is CC(C)OC(=O)CC(NC(=O)CC1C=CCC1)c1ccccc1. The third-order valence-corrected chi connectivity index (χ3v) is 3.84. The summed E-state index contributed by atoms with van der Waals surface area (Å²) >= 11 is 0. The summed E-state index contributed by atoms with van der Waals surface area (Å²) in [6, 6.07) is 9.22. The molecule has 1 aromatic carbocycles. The highest BCUT2D eigenvalue weighted by Crippen LogP contribution is 2.22. The van der Waals surface area contributed by atoms with E-state index < -0.39 is 0 Å². The van der Waals surface area contributed by atoms with E-state index in [0.717, 1.165) is 18.4 Å². The van der Waals surface area contributed by atoms with E-state index in [1.807, 2.05) is 44.2 Å². The van der Waals surface area contributed by atoms with Crippen molar-refractivity contribution in [2.24, 2.45) is 5.92 Å². The topological polar surface area (TPSA) is 55.4 Å². The van der Waals surface area contributed by atoms with Crippen LogP contribution in [0.4, 0.5) is 0 Å². The highest BCUT2D eigenvalue weighted by molar-refractivity contribution is 5.78. The van der Waals surface area contributed by atoms with Gasteiger partial charge in [-0.3, -0.25) is 9.59 Å². The molecule has 0 spiro atoms. The van der Waals surface area contributed by atoms with Crippen LogP contribution in [0, 0.1) is 5.92 Å². The Morgan fingerprint density at radius 3 is 2.61 bits per heavy atom. The van der Waals surface area contributed by atoms with E-state index >= 15 is 0 Å². The van der Waals surface area contributed by atoms with E-state index in [-0.39, 0.29) is 30.4 Å². The van der Waals surface area contributed by atoms with Crippen LogP contribution in [0.2, 0.25) is 0 Å². The molecule has 0 saturated carbocycles. The Balaban J connectivity index is 1.99. The lowest BCUT2D eigenvalue weighted by molar-refractivity contribution is -0.148. The first-order valence-corrected chi connectivity index (χ1v) is 8.25. The van der Waals surface area contributed by atoms with Crippen molar-refractivity contribution >= 4 is 11.9 Å². The van der Waals surface area contributed by atoms with Crippen LogP contribution in [-0.4, -0.2) is 18.0 Å². The molecule has 1 N–H and O–H groups in total. The summed E-state index contributed by atoms with van der Waals surface area (Å²) in [6.45, 7) is 3.64. The summed E-state index contributed by atoms with van der Waals surface area (Å²) in [5, 5.41) is 2.99. The summed E-state index contributed by atoms with van der Waals surface area (Å²) in [4.78, 5) is 24.3. The van der Waals surface area contributed by atoms with Gasteiger partial charge in [0, 0.05) is 6.42 Å². The molecule has 4 heteroatoms. The molecule has 1 aliphatic rings. The van der Waals surface area contributed by atoms with Gasteiger partial charge >= 0.3 is 5.97 Å². The smallest absolute Gasteiger partial charge is 0.308 e. The lowest BCUT2D eigenvalue weighted by Gasteiger charge is -2.20. The highest BCUT2D eigenvalue weighted by atomic mass is 16.5. The van der Waals surface area contributed by atoms with Crippen molar-refractivity contribution in [2.75, 3.05) is 0 Å². The van der Waals surface area contributed by atoms with Gasteiger partial charge in [0.25, 0.3) is 0 Å². The molecule has 124 valence electrons. The molecule has 1 amide bonds. The summed E-state index contributed by atoms with van der Waals surface area (Å²) in [6.07, 6.45) is 6.75. The summed E-state index contributed by atoms with van der Waals surface area (Å²) < 4.78 is 5.22. The molecule has 2 atom stereocenters. The molecule has 2 rings (SSSR count). The van der Waals surface area contributed by atoms with Crippen molar-refractivity contribution in [1.82, 2.24) is 5.32 Å². The van der Waals surface area contributed by atoms with Crippen LogP contribution in [0.25, 0.3) is 0 Å². The van der Waals surface area contributed by atoms with E-state index in [1.165, 1.54) is 0 Å². The van der Waals surface area contributed by atoms with Gasteiger partial charge in [-0.2, -0.15) is 0 Å². The molecule has 0 aromatic heterocycles. The van der Waals surface area contributed by atoms with Crippen molar-refractivity contribution < 1.29 is 14.3 Å². The van der Waals surface area contributed by atoms with Gasteiger partial charge in [0.2, 0.25) is 5.91 Å². The normalized spacial score (nSPS) is 18.0. The van der Waals surface area contributed by atoms with Gasteiger partial charge in [-0.05, 0) is 38.2 Å². The Kier molecular flexibility index (Phi) is 6.39. The molecule has 4 nitrogen and oxygen atoms in total. The van der Waals surface area contributed by atoms with Crippen LogP contribution in [-0.2, 0) is 14.3 Å². The van der Waals surface area contributed by atoms with Gasteiger partial charge in [0.15, 0.2) is 0 Å². The van der Waals surface area contributed by atoms with E-state index in [9.17, 15) is 9.59 Å². The van der Waals surface area contributed by atoms with E-state index in [1.54, 1.807) is 0 Å². The maximum absolute atomic E-state index is 12.3. The van der Waals surface area contributed by atoms with Crippen LogP contribution in [0.15, 0.2) is 42.5 Å². The molecule has 0 saturated heterocycles. The van der Waals surface area contributed by atoms with Gasteiger partial charge in [-0.25, -0.2) is 0 Å². The minimum absolute atomic E-state index is 0.0206. The van der Waals surface area contributed by atoms with E-state index in [0.29, 0.717) is 12.3 Å². The number of amides is 1. The Morgan fingerprint density at radius 1 is 1.26 bits per heavy atom. The van der Waals surface area contributed by atoms with Crippen molar-refractivity contribution in [3.05, 3.63) is 48.0 Å². The summed E-state index contributed by atoms with van der Waals surface area (Å²) in [5.41, 5.74) is 0.920. The molecule has 1 aromatic rings. The molecule has 1 aliphatic carbocycles. The maximum Gasteiger partial charge on any atom is 0.308 e. The molecule has 23 heavy (non-hydrogen) atoms. The largest absolute Gasteiger partial charge is 0.463 e. The zero-order chi connectivity index (χ0) is 16.7. The quantitative estimate of drug-likeness (QED) is 0.618. The molecular weight excluding hydrogens is 290 g/mol. The van der Waals surface area contributed by atoms with Crippen molar-refractivity contribution in [1.29, 1.82) is 0 Å². The minimum atomic E-state index is -0.347. The standard InChI is InChI=1S/C19H25NO3/c1-14(2)23-19(22)13-17(16-10-4-3-5-11-16)20-18(21)12-15-8-6-7-9-15/h3-6,8,10-11,14-15,17H,7,9,12-13H2,1-2H3,(H,20,21). The first-order chi connectivity index (χ1) is 11.0. The fourth-order valence-electron chi connectivity index (χ4n) is 2.77. The second-order valence-corrected chi connectivity index (χ2v) is 6.24. The van der Waals surface area contributed by atoms with Crippen molar-refractivity contribution in [2.45, 2.75) is 51.7 Å². The molecule has 2 unspecified atom stereocenters. The highest BCUT2D eigenvalue weighted by Gasteiger charge is 2.21. The predicted molar refractivity (Wildman–Crippen MR) is 89.7 cm³/mol. The van der Waals surface area contributed by atoms with Gasteiger partial charge < -0.3 is 10.1 Å². The number of nitrogens with one attached hydrogen (secondary N) is 1. The molecule has 0 heterocycles. The number of hydrogen-bond donors (Lipinski definition) is 1. The first kappa shape index (κ1) is 17.3. The molecule has 0 radical (unpaired) electrons. The van der Waals surface area contributed by atoms with Gasteiger partial charge in [-0.1, -0.05) is 42.5 Å². The zero-order valence-corrected chi connectivity index (χ0v) is 13.8. The predicted octanol–water partition coefficient (Wildman–Crippen LogP) is 3.54. The minimum Gasteiger partial charge on any atom is -0.463 e. The second-order valence-electron chi connectivity index (χ2n) is 6.24. The maximum atomic E-state index is 12.3. The van der Waals surface area contributed by atoms with Crippen LogP contribution in [0.3, 0.4) is 0 Å². The van der Waals surface area contributed by atoms with Crippen LogP contribution in [0.1, 0.15) is 51.1 Å². The molecular formula is C19H25NO3. The Hall–Kier alpha value is -2.10. The Bertz CT molecular complexity index is 551. The first-order valence-electron chi connectivity index (χ1n) is 8.25. The number of ether oxygens (including phenoxy) is 1. The Morgan fingerprint density at radius 2 is 2.00 bits per heavy atom. The summed E-state index contributed by atoms with van der Waals surface area (Å²) in [7, 11) is 0. The number of esters is 1. The van der Waals surface area contributed by atoms with Crippen molar-refractivity contribution in [3.63, 3.8) is 0 Å². The number of carbonyl (C=O) groups excluding carboxylic acids is 2. The second kappa shape index (κ2) is 8.51. The average Bonchev–Trinajstić information content (AvgIpc) is 2.99. The lowest BCUT2D eigenvalue weighted by Crippen LogP contribution is -2.31. The lowest BCUT2D eigenvalue weighted by atomic mass is 10.0. The van der Waals surface area contributed by atoms with E-state index in [4.69, 9.17) is 4.74 Å². The number of rotatable bonds is 7. The third kappa shape index (κ3) is 5.89. The van der Waals surface area contributed by atoms with Crippen LogP contribution in [0.5, 0.6) is 0 Å². The molecule has 0 fully saturated rings. The van der Waals surface area contributed by atoms with Gasteiger partial charge in [0.05, 0.1) is 18.6 Å². The van der Waals surface area contributed by atoms with Crippen LogP contribution < -0.4 is 5.32 Å². The monoisotopic (exact) mass is 315 g/mol. The summed E-state index contributed by atoms with van der Waals surface area (Å²) in [5.74, 6) is -0.00305. The number of benzene rings is 1. The van der Waals surface area contributed by atoms with Gasteiger partial charge in [-0.15, -0.1) is 0 Å². The fourth-order valence-corrected chi connectivity index (χ4v) is 2.77. The fraction of sp³-hybridized carbons (Fsp3) is 0.474. The van der Waals surface area contributed by atoms with Gasteiger partial charge in [0.1, 0.15) is 0 Å². The third-order valence-electron chi connectivity index (χ3n) is 3.84. The number of hydrogen-bond acceptors (Lipinski definition) is 3. The zero-order valence-electron chi connectivity index (χ0n) is 13.8. The Labute approximate surface area is 137 Å². The number of carbonyl (C=O) groups is 2. The number of allylic oxidation sites excluding steroid dienone is 2. The van der Waals surface area contributed by atoms with Crippen LogP contribution >= 0.6 is 0 Å². The molecule has 0 bridgehead atoms. The average molecular weight is 315 g/mol.